The molecular weight excluding hydrogens is 312 g/mol. The Morgan fingerprint density at radius 3 is 2.61 bits per heavy atom. The van der Waals surface area contributed by atoms with Crippen molar-refractivity contribution in [3.05, 3.63) is 53.6 Å². The number of ether oxygens (including phenoxy) is 2. The van der Waals surface area contributed by atoms with Crippen molar-refractivity contribution in [3.63, 3.8) is 0 Å². The lowest BCUT2D eigenvalue weighted by Crippen LogP contribution is -2.42. The Kier molecular flexibility index (Phi) is 4.16. The van der Waals surface area contributed by atoms with Gasteiger partial charge in [-0.1, -0.05) is 18.2 Å². The Labute approximate surface area is 139 Å². The highest BCUT2D eigenvalue weighted by Crippen LogP contribution is 2.29. The number of rotatable bonds is 3. The molecule has 0 saturated heterocycles. The Morgan fingerprint density at radius 2 is 1.87 bits per heavy atom. The number of fused-ring (bicyclic) bond motifs is 1. The average Bonchev–Trinajstić information content (AvgIpc) is 2.59. The summed E-state index contributed by atoms with van der Waals surface area (Å²) < 4.78 is 10.4. The molecule has 0 radical (unpaired) electrons. The fraction of sp³-hybridized carbons (Fsp3) is 0.176. The number of methoxy groups -OCH3 is 2. The number of hydrogen-bond acceptors (Lipinski definition) is 4. The van der Waals surface area contributed by atoms with Crippen molar-refractivity contribution < 1.29 is 14.3 Å². The Morgan fingerprint density at radius 1 is 1.13 bits per heavy atom. The highest BCUT2D eigenvalue weighted by Gasteiger charge is 2.26. The first-order valence-electron chi connectivity index (χ1n) is 7.07. The van der Waals surface area contributed by atoms with Crippen LogP contribution in [0.4, 0.5) is 5.69 Å². The predicted molar refractivity (Wildman–Crippen MR) is 92.1 cm³/mol. The molecule has 2 aromatic carbocycles. The second-order valence-electron chi connectivity index (χ2n) is 5.05. The number of anilines is 1. The molecule has 1 aliphatic heterocycles. The van der Waals surface area contributed by atoms with Gasteiger partial charge in [0.2, 0.25) is 0 Å². The molecule has 1 aliphatic rings. The zero-order valence-corrected chi connectivity index (χ0v) is 13.6. The van der Waals surface area contributed by atoms with Gasteiger partial charge in [0.05, 0.1) is 20.8 Å². The van der Waals surface area contributed by atoms with E-state index in [2.05, 4.69) is 5.32 Å². The van der Waals surface area contributed by atoms with Crippen LogP contribution >= 0.6 is 12.2 Å². The van der Waals surface area contributed by atoms with Gasteiger partial charge in [0.1, 0.15) is 0 Å². The van der Waals surface area contributed by atoms with E-state index in [0.29, 0.717) is 28.7 Å². The molecule has 1 heterocycles. The first-order chi connectivity index (χ1) is 11.1. The van der Waals surface area contributed by atoms with E-state index in [1.165, 1.54) is 7.11 Å². The van der Waals surface area contributed by atoms with Crippen LogP contribution in [0.1, 0.15) is 15.9 Å². The van der Waals surface area contributed by atoms with E-state index in [-0.39, 0.29) is 5.91 Å². The van der Waals surface area contributed by atoms with E-state index in [0.717, 1.165) is 11.3 Å². The molecule has 0 saturated carbocycles. The number of amides is 1. The molecule has 118 valence electrons. The van der Waals surface area contributed by atoms with E-state index >= 15 is 0 Å². The standard InChI is InChI=1S/C17H16N2O3S/c1-21-14-8-7-11(9-15(14)22-2)16(20)19-10-12-5-3-4-6-13(12)18-17(19)23/h3-9H,10H2,1-2H3,(H,18,23). The zero-order valence-electron chi connectivity index (χ0n) is 12.8. The lowest BCUT2D eigenvalue weighted by atomic mass is 10.1. The molecule has 0 bridgehead atoms. The molecule has 6 heteroatoms. The van der Waals surface area contributed by atoms with Crippen molar-refractivity contribution >= 4 is 28.9 Å². The summed E-state index contributed by atoms with van der Waals surface area (Å²) in [4.78, 5) is 14.3. The molecule has 0 unspecified atom stereocenters. The van der Waals surface area contributed by atoms with Crippen molar-refractivity contribution in [2.24, 2.45) is 0 Å². The van der Waals surface area contributed by atoms with Gasteiger partial charge in [0.15, 0.2) is 16.6 Å². The van der Waals surface area contributed by atoms with Gasteiger partial charge in [0.25, 0.3) is 5.91 Å². The summed E-state index contributed by atoms with van der Waals surface area (Å²) in [5, 5.41) is 3.48. The maximum atomic E-state index is 12.8. The maximum absolute atomic E-state index is 12.8. The largest absolute Gasteiger partial charge is 0.493 e. The van der Waals surface area contributed by atoms with Crippen molar-refractivity contribution in [3.8, 4) is 11.5 Å². The summed E-state index contributed by atoms with van der Waals surface area (Å²) in [6.07, 6.45) is 0. The molecular formula is C17H16N2O3S. The van der Waals surface area contributed by atoms with E-state index < -0.39 is 0 Å². The second kappa shape index (κ2) is 6.26. The van der Waals surface area contributed by atoms with Gasteiger partial charge in [-0.2, -0.15) is 0 Å². The van der Waals surface area contributed by atoms with Crippen molar-refractivity contribution in [1.82, 2.24) is 4.90 Å². The molecule has 23 heavy (non-hydrogen) atoms. The number of thiocarbonyl (C=S) groups is 1. The summed E-state index contributed by atoms with van der Waals surface area (Å²) >= 11 is 5.33. The Bertz CT molecular complexity index is 776. The van der Waals surface area contributed by atoms with Crippen LogP contribution < -0.4 is 14.8 Å². The molecule has 5 nitrogen and oxygen atoms in total. The lowest BCUT2D eigenvalue weighted by Gasteiger charge is -2.30. The SMILES string of the molecule is COc1ccc(C(=O)N2Cc3ccccc3NC2=S)cc1OC. The van der Waals surface area contributed by atoms with Crippen molar-refractivity contribution in [2.45, 2.75) is 6.54 Å². The highest BCUT2D eigenvalue weighted by molar-refractivity contribution is 7.80. The first-order valence-corrected chi connectivity index (χ1v) is 7.47. The molecule has 0 aromatic heterocycles. The van der Waals surface area contributed by atoms with Crippen molar-refractivity contribution in [2.75, 3.05) is 19.5 Å². The molecule has 1 N–H and O–H groups in total. The number of nitrogens with zero attached hydrogens (tertiary/aromatic N) is 1. The quantitative estimate of drug-likeness (QED) is 0.878. The van der Waals surface area contributed by atoms with Crippen LogP contribution in [0.2, 0.25) is 0 Å². The topological polar surface area (TPSA) is 50.8 Å². The van der Waals surface area contributed by atoms with Crippen LogP contribution in [0.25, 0.3) is 0 Å². The molecule has 1 amide bonds. The van der Waals surface area contributed by atoms with E-state index in [4.69, 9.17) is 21.7 Å². The Hall–Kier alpha value is -2.60. The van der Waals surface area contributed by atoms with Gasteiger partial charge >= 0.3 is 0 Å². The van der Waals surface area contributed by atoms with E-state index in [1.807, 2.05) is 24.3 Å². The van der Waals surface area contributed by atoms with Crippen LogP contribution in [0.15, 0.2) is 42.5 Å². The average molecular weight is 328 g/mol. The molecule has 2 aromatic rings. The molecule has 0 fully saturated rings. The number of carbonyl (C=O) groups excluding carboxylic acids is 1. The minimum Gasteiger partial charge on any atom is -0.493 e. The number of carbonyl (C=O) groups is 1. The minimum absolute atomic E-state index is 0.182. The molecule has 0 spiro atoms. The van der Waals surface area contributed by atoms with E-state index in [1.54, 1.807) is 30.2 Å². The lowest BCUT2D eigenvalue weighted by molar-refractivity contribution is 0.0840. The van der Waals surface area contributed by atoms with Gasteiger partial charge in [-0.25, -0.2) is 0 Å². The molecule has 3 rings (SSSR count). The van der Waals surface area contributed by atoms with Crippen molar-refractivity contribution in [1.29, 1.82) is 0 Å². The number of benzene rings is 2. The summed E-state index contributed by atoms with van der Waals surface area (Å²) in [7, 11) is 3.09. The van der Waals surface area contributed by atoms with Crippen LogP contribution in [0, 0.1) is 0 Å². The normalized spacial score (nSPS) is 13.1. The maximum Gasteiger partial charge on any atom is 0.260 e. The Balaban J connectivity index is 1.90. The third-order valence-electron chi connectivity index (χ3n) is 3.71. The van der Waals surface area contributed by atoms with Crippen LogP contribution in [0.3, 0.4) is 0 Å². The van der Waals surface area contributed by atoms with E-state index in [9.17, 15) is 4.79 Å². The summed E-state index contributed by atoms with van der Waals surface area (Å²) in [5.41, 5.74) is 2.45. The highest BCUT2D eigenvalue weighted by atomic mass is 32.1. The summed E-state index contributed by atoms with van der Waals surface area (Å²) in [6.45, 7) is 0.440. The van der Waals surface area contributed by atoms with Gasteiger partial charge in [-0.05, 0) is 42.0 Å². The zero-order chi connectivity index (χ0) is 16.4. The van der Waals surface area contributed by atoms with Gasteiger partial charge in [-0.15, -0.1) is 0 Å². The smallest absolute Gasteiger partial charge is 0.260 e. The third kappa shape index (κ3) is 2.85. The fourth-order valence-electron chi connectivity index (χ4n) is 2.49. The fourth-order valence-corrected chi connectivity index (χ4v) is 2.75. The molecule has 0 aliphatic carbocycles. The van der Waals surface area contributed by atoms with Crippen LogP contribution in [0.5, 0.6) is 11.5 Å². The van der Waals surface area contributed by atoms with Crippen LogP contribution in [-0.2, 0) is 6.54 Å². The monoisotopic (exact) mass is 328 g/mol. The van der Waals surface area contributed by atoms with Gasteiger partial charge < -0.3 is 14.8 Å². The van der Waals surface area contributed by atoms with Gasteiger partial charge in [-0.3, -0.25) is 9.69 Å². The van der Waals surface area contributed by atoms with Crippen LogP contribution in [-0.4, -0.2) is 30.1 Å². The first kappa shape index (κ1) is 15.3. The second-order valence-corrected chi connectivity index (χ2v) is 5.44. The number of hydrogen-bond donors (Lipinski definition) is 1. The molecule has 0 atom stereocenters. The minimum atomic E-state index is -0.182. The van der Waals surface area contributed by atoms with Gasteiger partial charge in [0, 0.05) is 11.3 Å². The summed E-state index contributed by atoms with van der Waals surface area (Å²) in [5.74, 6) is 0.904. The summed E-state index contributed by atoms with van der Waals surface area (Å²) in [6, 6.07) is 12.9. The predicted octanol–water partition coefficient (Wildman–Crippen LogP) is 3.06. The third-order valence-corrected chi connectivity index (χ3v) is 4.03. The number of nitrogens with one attached hydrogen (secondary N) is 1. The number of para-hydroxylation sites is 1.